The zero-order valence-corrected chi connectivity index (χ0v) is 13.2. The van der Waals surface area contributed by atoms with Gasteiger partial charge < -0.3 is 10.1 Å². The smallest absolute Gasteiger partial charge is 0.151 e. The van der Waals surface area contributed by atoms with Crippen molar-refractivity contribution in [1.29, 1.82) is 5.26 Å². The van der Waals surface area contributed by atoms with Gasteiger partial charge in [0.1, 0.15) is 17.9 Å². The summed E-state index contributed by atoms with van der Waals surface area (Å²) in [7, 11) is -3.15. The zero-order chi connectivity index (χ0) is 15.5. The number of rotatable bonds is 5. The average molecular weight is 329 g/mol. The second kappa shape index (κ2) is 6.65. The maximum atomic E-state index is 11.6. The molecule has 1 fully saturated rings. The number of benzene rings is 1. The van der Waals surface area contributed by atoms with Gasteiger partial charge in [-0.25, -0.2) is 8.42 Å². The fraction of sp³-hybridized carbons (Fsp3) is 0.500. The summed E-state index contributed by atoms with van der Waals surface area (Å²) in [6, 6.07) is 6.76. The summed E-state index contributed by atoms with van der Waals surface area (Å²) in [5, 5.41) is 12.5. The number of nitrogens with zero attached hydrogens (tertiary/aromatic N) is 1. The van der Waals surface area contributed by atoms with Crippen LogP contribution in [-0.4, -0.2) is 39.6 Å². The molecule has 1 aliphatic heterocycles. The summed E-state index contributed by atoms with van der Waals surface area (Å²) in [4.78, 5) is 0. The van der Waals surface area contributed by atoms with Gasteiger partial charge in [-0.1, -0.05) is 11.6 Å². The van der Waals surface area contributed by atoms with E-state index in [2.05, 4.69) is 5.32 Å². The monoisotopic (exact) mass is 328 g/mol. The molecule has 0 aromatic heterocycles. The highest BCUT2D eigenvalue weighted by Crippen LogP contribution is 2.25. The second-order valence-electron chi connectivity index (χ2n) is 5.26. The Hall–Kier alpha value is -1.29. The summed E-state index contributed by atoms with van der Waals surface area (Å²) in [6.07, 6.45) is 1.65. The predicted octanol–water partition coefficient (Wildman–Crippen LogP) is 1.61. The van der Waals surface area contributed by atoms with Crippen molar-refractivity contribution < 1.29 is 13.2 Å². The van der Waals surface area contributed by atoms with E-state index in [1.54, 1.807) is 18.2 Å². The Kier molecular flexibility index (Phi) is 5.09. The topological polar surface area (TPSA) is 79.2 Å². The minimum absolute atomic E-state index is 0.0378. The number of nitriles is 1. The molecular formula is C14H17ClN2O3S. The molecule has 0 unspecified atom stereocenters. The summed E-state index contributed by atoms with van der Waals surface area (Å²) in [6.45, 7) is 1.59. The van der Waals surface area contributed by atoms with Gasteiger partial charge in [-0.3, -0.25) is 0 Å². The Morgan fingerprint density at radius 1 is 1.57 bits per heavy atom. The fourth-order valence-corrected chi connectivity index (χ4v) is 3.49. The van der Waals surface area contributed by atoms with Gasteiger partial charge in [0.25, 0.3) is 0 Å². The molecule has 7 heteroatoms. The summed E-state index contributed by atoms with van der Waals surface area (Å²) in [5.74, 6) is 0.571. The van der Waals surface area contributed by atoms with E-state index >= 15 is 0 Å². The molecule has 0 radical (unpaired) electrons. The predicted molar refractivity (Wildman–Crippen MR) is 81.3 cm³/mol. The third-order valence-corrected chi connectivity index (χ3v) is 4.70. The molecule has 21 heavy (non-hydrogen) atoms. The molecule has 0 amide bonds. The van der Waals surface area contributed by atoms with E-state index in [1.807, 2.05) is 6.07 Å². The first-order valence-corrected chi connectivity index (χ1v) is 9.07. The number of nitrogens with one attached hydrogen (secondary N) is 1. The van der Waals surface area contributed by atoms with Crippen molar-refractivity contribution >= 4 is 21.4 Å². The van der Waals surface area contributed by atoms with E-state index < -0.39 is 15.9 Å². The minimum Gasteiger partial charge on any atom is -0.489 e. The van der Waals surface area contributed by atoms with Gasteiger partial charge in [0.15, 0.2) is 9.84 Å². The number of ether oxygens (including phenoxy) is 1. The van der Waals surface area contributed by atoms with Crippen LogP contribution in [0.4, 0.5) is 0 Å². The standard InChI is InChI=1S/C14H17ClN2O3S/c1-21(18,19)9-14(10-4-5-17-8-10)20-12-2-3-13(15)11(6-12)7-16/h2-3,6,10,14,17H,4-5,8-9H2,1H3/t10-,14-/m0/s1. The Morgan fingerprint density at radius 2 is 2.33 bits per heavy atom. The molecule has 1 aliphatic rings. The van der Waals surface area contributed by atoms with E-state index in [9.17, 15) is 8.42 Å². The maximum Gasteiger partial charge on any atom is 0.151 e. The van der Waals surface area contributed by atoms with Gasteiger partial charge in [-0.2, -0.15) is 5.26 Å². The van der Waals surface area contributed by atoms with E-state index in [4.69, 9.17) is 21.6 Å². The highest BCUT2D eigenvalue weighted by molar-refractivity contribution is 7.90. The molecule has 5 nitrogen and oxygen atoms in total. The first-order chi connectivity index (χ1) is 9.89. The molecule has 1 saturated heterocycles. The molecule has 1 heterocycles. The van der Waals surface area contributed by atoms with Gasteiger partial charge in [0, 0.05) is 18.7 Å². The Morgan fingerprint density at radius 3 is 2.90 bits per heavy atom. The highest BCUT2D eigenvalue weighted by Gasteiger charge is 2.29. The van der Waals surface area contributed by atoms with Gasteiger partial charge in [0.2, 0.25) is 0 Å². The van der Waals surface area contributed by atoms with Gasteiger partial charge in [-0.05, 0) is 31.2 Å². The second-order valence-corrected chi connectivity index (χ2v) is 7.85. The van der Waals surface area contributed by atoms with Crippen LogP contribution in [0.15, 0.2) is 18.2 Å². The number of hydrogen-bond acceptors (Lipinski definition) is 5. The minimum atomic E-state index is -3.15. The van der Waals surface area contributed by atoms with Crippen molar-refractivity contribution in [3.63, 3.8) is 0 Å². The Balaban J connectivity index is 2.20. The first-order valence-electron chi connectivity index (χ1n) is 6.64. The summed E-state index contributed by atoms with van der Waals surface area (Å²) < 4.78 is 29.0. The maximum absolute atomic E-state index is 11.6. The van der Waals surface area contributed by atoms with E-state index in [1.165, 1.54) is 6.26 Å². The molecule has 114 valence electrons. The van der Waals surface area contributed by atoms with E-state index in [0.29, 0.717) is 16.3 Å². The van der Waals surface area contributed by atoms with Gasteiger partial charge in [0.05, 0.1) is 16.3 Å². The van der Waals surface area contributed by atoms with Crippen LogP contribution in [0.5, 0.6) is 5.75 Å². The Labute approximate surface area is 129 Å². The van der Waals surface area contributed by atoms with Crippen molar-refractivity contribution in [2.75, 3.05) is 25.1 Å². The lowest BCUT2D eigenvalue weighted by Crippen LogP contribution is -2.35. The van der Waals surface area contributed by atoms with Crippen LogP contribution >= 0.6 is 11.6 Å². The van der Waals surface area contributed by atoms with Crippen molar-refractivity contribution in [2.45, 2.75) is 12.5 Å². The van der Waals surface area contributed by atoms with Gasteiger partial charge >= 0.3 is 0 Å². The van der Waals surface area contributed by atoms with E-state index in [-0.39, 0.29) is 11.7 Å². The van der Waals surface area contributed by atoms with Crippen LogP contribution in [0.2, 0.25) is 5.02 Å². The van der Waals surface area contributed by atoms with Crippen LogP contribution in [0.25, 0.3) is 0 Å². The third kappa shape index (κ3) is 4.60. The summed E-state index contributed by atoms with van der Waals surface area (Å²) in [5.41, 5.74) is 0.316. The zero-order valence-electron chi connectivity index (χ0n) is 11.7. The van der Waals surface area contributed by atoms with Crippen LogP contribution in [0.3, 0.4) is 0 Å². The lowest BCUT2D eigenvalue weighted by atomic mass is 10.0. The lowest BCUT2D eigenvalue weighted by Gasteiger charge is -2.23. The quantitative estimate of drug-likeness (QED) is 0.888. The van der Waals surface area contributed by atoms with Crippen LogP contribution in [0.1, 0.15) is 12.0 Å². The van der Waals surface area contributed by atoms with Crippen LogP contribution in [0, 0.1) is 17.2 Å². The lowest BCUT2D eigenvalue weighted by molar-refractivity contribution is 0.163. The average Bonchev–Trinajstić information content (AvgIpc) is 2.92. The molecule has 0 saturated carbocycles. The van der Waals surface area contributed by atoms with E-state index in [0.717, 1.165) is 19.5 Å². The molecule has 0 spiro atoms. The first kappa shape index (κ1) is 16.1. The molecule has 1 aromatic carbocycles. The molecular weight excluding hydrogens is 312 g/mol. The molecule has 1 aromatic rings. The third-order valence-electron chi connectivity index (χ3n) is 3.44. The molecule has 0 aliphatic carbocycles. The van der Waals surface area contributed by atoms with Crippen molar-refractivity contribution in [1.82, 2.24) is 5.32 Å². The number of sulfone groups is 1. The highest BCUT2D eigenvalue weighted by atomic mass is 35.5. The number of hydrogen-bond donors (Lipinski definition) is 1. The van der Waals surface area contributed by atoms with Crippen molar-refractivity contribution in [2.24, 2.45) is 5.92 Å². The van der Waals surface area contributed by atoms with Crippen LogP contribution < -0.4 is 10.1 Å². The molecule has 0 bridgehead atoms. The normalized spacial score (nSPS) is 20.0. The summed E-state index contributed by atoms with van der Waals surface area (Å²) >= 11 is 5.88. The van der Waals surface area contributed by atoms with Crippen molar-refractivity contribution in [3.8, 4) is 11.8 Å². The van der Waals surface area contributed by atoms with Crippen LogP contribution in [-0.2, 0) is 9.84 Å². The van der Waals surface area contributed by atoms with Gasteiger partial charge in [-0.15, -0.1) is 0 Å². The molecule has 2 rings (SSSR count). The fourth-order valence-electron chi connectivity index (χ4n) is 2.40. The molecule has 1 N–H and O–H groups in total. The number of halogens is 1. The largest absolute Gasteiger partial charge is 0.489 e. The van der Waals surface area contributed by atoms with Crippen molar-refractivity contribution in [3.05, 3.63) is 28.8 Å². The SMILES string of the molecule is CS(=O)(=O)C[C@H](Oc1ccc(Cl)c(C#N)c1)[C@H]1CCNC1. The Bertz CT molecular complexity index is 649. The molecule has 2 atom stereocenters.